The number of amides is 4. The summed E-state index contributed by atoms with van der Waals surface area (Å²) < 4.78 is 0. The van der Waals surface area contributed by atoms with Gasteiger partial charge < -0.3 is 10.6 Å². The molecule has 26 heavy (non-hydrogen) atoms. The van der Waals surface area contributed by atoms with E-state index in [-0.39, 0.29) is 23.1 Å². The van der Waals surface area contributed by atoms with Crippen molar-refractivity contribution in [1.29, 1.82) is 0 Å². The molecule has 0 aromatic carbocycles. The Kier molecular flexibility index (Phi) is 12.5. The fourth-order valence-electron chi connectivity index (χ4n) is 1.37. The molecule has 4 amide bonds. The summed E-state index contributed by atoms with van der Waals surface area (Å²) in [5.41, 5.74) is 0. The molecule has 0 aliphatic heterocycles. The monoisotopic (exact) mass is 378 g/mol. The highest BCUT2D eigenvalue weighted by atomic mass is 16.7. The van der Waals surface area contributed by atoms with Crippen molar-refractivity contribution in [3.8, 4) is 0 Å². The number of nitrogens with one attached hydrogen (secondary N) is 2. The molecule has 0 aliphatic carbocycles. The fourth-order valence-corrected chi connectivity index (χ4v) is 1.37. The van der Waals surface area contributed by atoms with E-state index in [2.05, 4.69) is 10.6 Å². The lowest BCUT2D eigenvalue weighted by Gasteiger charge is -2.12. The molecule has 148 valence electrons. The van der Waals surface area contributed by atoms with Gasteiger partial charge in [0.15, 0.2) is 10.1 Å². The van der Waals surface area contributed by atoms with E-state index in [0.29, 0.717) is 13.1 Å². The maximum Gasteiger partial charge on any atom is 0.376 e. The van der Waals surface area contributed by atoms with Crippen LogP contribution in [0.4, 0.5) is 0 Å². The van der Waals surface area contributed by atoms with Crippen LogP contribution in [-0.2, 0) is 19.2 Å². The van der Waals surface area contributed by atoms with Gasteiger partial charge >= 0.3 is 23.6 Å². The molecular weight excluding hydrogens is 356 g/mol. The average Bonchev–Trinajstić information content (AvgIpc) is 2.56. The predicted molar refractivity (Wildman–Crippen MR) is 86.1 cm³/mol. The first kappa shape index (κ1) is 24.9. The minimum absolute atomic E-state index is 0.00843. The first-order chi connectivity index (χ1) is 12.1. The van der Waals surface area contributed by atoms with Crippen molar-refractivity contribution in [2.75, 3.05) is 26.2 Å². The van der Waals surface area contributed by atoms with Crippen LogP contribution in [0, 0.1) is 20.2 Å². The van der Waals surface area contributed by atoms with Crippen molar-refractivity contribution in [1.82, 2.24) is 20.7 Å². The van der Waals surface area contributed by atoms with Crippen LogP contribution < -0.4 is 10.6 Å². The molecule has 14 nitrogen and oxygen atoms in total. The summed E-state index contributed by atoms with van der Waals surface area (Å²) in [4.78, 5) is 64.3. The molecule has 0 rings (SSSR count). The van der Waals surface area contributed by atoms with E-state index < -0.39 is 33.7 Å². The molecule has 14 heteroatoms. The zero-order valence-corrected chi connectivity index (χ0v) is 14.9. The Bertz CT molecular complexity index is 504. The van der Waals surface area contributed by atoms with Crippen molar-refractivity contribution in [3.63, 3.8) is 0 Å². The minimum Gasteiger partial charge on any atom is -0.348 e. The summed E-state index contributed by atoms with van der Waals surface area (Å²) in [6.45, 7) is 6.33. The molecule has 0 aromatic rings. The molecule has 0 saturated carbocycles. The summed E-state index contributed by atoms with van der Waals surface area (Å²) >= 11 is 0. The highest BCUT2D eigenvalue weighted by Crippen LogP contribution is 1.97. The van der Waals surface area contributed by atoms with Crippen LogP contribution in [0.2, 0.25) is 0 Å². The van der Waals surface area contributed by atoms with Crippen LogP contribution in [0.3, 0.4) is 0 Å². The molecule has 0 unspecified atom stereocenters. The van der Waals surface area contributed by atoms with E-state index in [1.165, 1.54) is 13.8 Å². The van der Waals surface area contributed by atoms with Gasteiger partial charge in [-0.15, -0.1) is 0 Å². The number of hydrogen-bond acceptors (Lipinski definition) is 8. The van der Waals surface area contributed by atoms with Gasteiger partial charge in [0.25, 0.3) is 0 Å². The Labute approximate surface area is 148 Å². The Morgan fingerprint density at radius 3 is 1.15 bits per heavy atom. The highest BCUT2D eigenvalue weighted by Gasteiger charge is 2.37. The van der Waals surface area contributed by atoms with E-state index in [4.69, 9.17) is 0 Å². The quantitative estimate of drug-likeness (QED) is 0.312. The summed E-state index contributed by atoms with van der Waals surface area (Å²) in [5, 5.41) is 23.3. The SMILES string of the molecule is CCN(C(=O)C(=O)N(CC)[N+](=O)[O-])[N+](=O)[O-].CCNC(=O)C(=O)NCC. The van der Waals surface area contributed by atoms with Crippen molar-refractivity contribution in [3.05, 3.63) is 20.2 Å². The molecule has 0 saturated heterocycles. The van der Waals surface area contributed by atoms with Gasteiger partial charge in [0.2, 0.25) is 0 Å². The summed E-state index contributed by atoms with van der Waals surface area (Å²) in [6.07, 6.45) is 0. The van der Waals surface area contributed by atoms with Gasteiger partial charge in [0.05, 0.1) is 13.1 Å². The molecular formula is C12H22N6O8. The number of hydrogen-bond donors (Lipinski definition) is 2. The molecule has 0 aromatic heterocycles. The first-order valence-corrected chi connectivity index (χ1v) is 7.56. The Hall–Kier alpha value is -3.32. The number of carbonyl (C=O) groups is 4. The van der Waals surface area contributed by atoms with E-state index in [1.54, 1.807) is 13.8 Å². The maximum absolute atomic E-state index is 11.2. The number of rotatable bonds is 6. The average molecular weight is 378 g/mol. The van der Waals surface area contributed by atoms with Crippen molar-refractivity contribution in [2.45, 2.75) is 27.7 Å². The third-order valence-corrected chi connectivity index (χ3v) is 2.53. The normalized spacial score (nSPS) is 9.08. The smallest absolute Gasteiger partial charge is 0.348 e. The van der Waals surface area contributed by atoms with Crippen LogP contribution in [0.1, 0.15) is 27.7 Å². The van der Waals surface area contributed by atoms with Gasteiger partial charge in [0, 0.05) is 13.1 Å². The van der Waals surface area contributed by atoms with Gasteiger partial charge in [-0.1, -0.05) is 10.0 Å². The maximum atomic E-state index is 11.2. The predicted octanol–water partition coefficient (Wildman–Crippen LogP) is -1.67. The molecule has 0 heterocycles. The number of nitro groups is 2. The third kappa shape index (κ3) is 8.51. The second kappa shape index (κ2) is 13.0. The topological polar surface area (TPSA) is 185 Å². The highest BCUT2D eigenvalue weighted by molar-refractivity contribution is 6.35. The molecule has 0 bridgehead atoms. The van der Waals surface area contributed by atoms with E-state index in [9.17, 15) is 39.4 Å². The number of likely N-dealkylation sites (N-methyl/N-ethyl adjacent to an activating group) is 4. The van der Waals surface area contributed by atoms with Gasteiger partial charge in [0.1, 0.15) is 0 Å². The molecule has 0 fully saturated rings. The lowest BCUT2D eigenvalue weighted by Crippen LogP contribution is -2.49. The van der Waals surface area contributed by atoms with Gasteiger partial charge in [-0.2, -0.15) is 0 Å². The molecule has 0 atom stereocenters. The van der Waals surface area contributed by atoms with Crippen LogP contribution in [0.15, 0.2) is 0 Å². The van der Waals surface area contributed by atoms with Crippen LogP contribution in [0.25, 0.3) is 0 Å². The number of hydrazine groups is 2. The molecule has 2 N–H and O–H groups in total. The summed E-state index contributed by atoms with van der Waals surface area (Å²) in [5.74, 6) is -4.20. The minimum atomic E-state index is -1.54. The number of nitrogens with zero attached hydrogens (tertiary/aromatic N) is 4. The number of carbonyl (C=O) groups excluding carboxylic acids is 4. The van der Waals surface area contributed by atoms with E-state index in [0.717, 1.165) is 0 Å². The van der Waals surface area contributed by atoms with Crippen LogP contribution in [0.5, 0.6) is 0 Å². The summed E-state index contributed by atoms with van der Waals surface area (Å²) in [6, 6.07) is 0. The molecule has 0 aliphatic rings. The largest absolute Gasteiger partial charge is 0.376 e. The van der Waals surface area contributed by atoms with Crippen LogP contribution >= 0.6 is 0 Å². The Morgan fingerprint density at radius 2 is 1.00 bits per heavy atom. The lowest BCUT2D eigenvalue weighted by atomic mass is 10.5. The second-order valence-corrected chi connectivity index (χ2v) is 4.24. The second-order valence-electron chi connectivity index (χ2n) is 4.24. The first-order valence-electron chi connectivity index (χ1n) is 7.56. The zero-order valence-electron chi connectivity index (χ0n) is 14.9. The lowest BCUT2D eigenvalue weighted by molar-refractivity contribution is -0.641. The Balaban J connectivity index is 0. The van der Waals surface area contributed by atoms with Crippen molar-refractivity contribution >= 4 is 23.6 Å². The zero-order chi connectivity index (χ0) is 20.9. The van der Waals surface area contributed by atoms with Gasteiger partial charge in [-0.3, -0.25) is 19.2 Å². The van der Waals surface area contributed by atoms with Crippen molar-refractivity contribution in [2.24, 2.45) is 0 Å². The van der Waals surface area contributed by atoms with Gasteiger partial charge in [-0.05, 0) is 27.7 Å². The van der Waals surface area contributed by atoms with E-state index in [1.807, 2.05) is 0 Å². The van der Waals surface area contributed by atoms with E-state index >= 15 is 0 Å². The van der Waals surface area contributed by atoms with Crippen molar-refractivity contribution < 1.29 is 29.2 Å². The summed E-state index contributed by atoms with van der Waals surface area (Å²) in [7, 11) is 0. The fraction of sp³-hybridized carbons (Fsp3) is 0.667. The third-order valence-electron chi connectivity index (χ3n) is 2.53. The molecule has 0 radical (unpaired) electrons. The van der Waals surface area contributed by atoms with Crippen LogP contribution in [-0.4, -0.2) is 69.9 Å². The van der Waals surface area contributed by atoms with Gasteiger partial charge in [-0.25, -0.2) is 20.2 Å². The molecule has 0 spiro atoms. The standard InChI is InChI=1S/C6H10N4O6.C6H12N2O2/c1-3-7(9(13)14)5(11)6(12)8(4-2)10(15)16;1-3-7-5(9)6(10)8-4-2/h3-4H2,1-2H3;3-4H2,1-2H3,(H,7,9)(H,8,10). The Morgan fingerprint density at radius 1 is 0.731 bits per heavy atom.